The molecule has 0 radical (unpaired) electrons. The van der Waals surface area contributed by atoms with Crippen LogP contribution in [0.15, 0.2) is 35.7 Å². The Hall–Kier alpha value is -2.05. The van der Waals surface area contributed by atoms with Crippen molar-refractivity contribution in [3.05, 3.63) is 51.2 Å². The average molecular weight is 325 g/mol. The maximum Gasteiger partial charge on any atom is 0.305 e. The molecule has 0 aliphatic carbocycles. The van der Waals surface area contributed by atoms with Crippen molar-refractivity contribution >= 4 is 40.5 Å². The maximum atomic E-state index is 12.2. The number of thiophene rings is 1. The van der Waals surface area contributed by atoms with Crippen molar-refractivity contribution in [3.8, 4) is 0 Å². The van der Waals surface area contributed by atoms with E-state index in [-0.39, 0.29) is 17.7 Å². The molecule has 1 heterocycles. The van der Waals surface area contributed by atoms with Crippen LogP contribution in [0.25, 0.3) is 0 Å². The molecular weight excluding hydrogens is 312 g/mol. The minimum absolute atomic E-state index is 0.195. The van der Waals surface area contributed by atoms with Gasteiger partial charge in [0.05, 0.1) is 18.0 Å². The van der Waals surface area contributed by atoms with Crippen LogP contribution >= 0.6 is 22.9 Å². The number of benzene rings is 1. The third-order valence-electron chi connectivity index (χ3n) is 2.83. The third-order valence-corrected chi connectivity index (χ3v) is 4.05. The molecule has 7 heteroatoms. The Kier molecular flexibility index (Phi) is 4.82. The molecule has 110 valence electrons. The van der Waals surface area contributed by atoms with Gasteiger partial charge in [-0.05, 0) is 29.6 Å². The van der Waals surface area contributed by atoms with Crippen molar-refractivity contribution in [1.29, 1.82) is 0 Å². The highest BCUT2D eigenvalue weighted by molar-refractivity contribution is 7.10. The van der Waals surface area contributed by atoms with E-state index < -0.39 is 17.9 Å². The van der Waals surface area contributed by atoms with Gasteiger partial charge in [-0.2, -0.15) is 0 Å². The first kappa shape index (κ1) is 15.3. The summed E-state index contributed by atoms with van der Waals surface area (Å²) in [7, 11) is 0. The van der Waals surface area contributed by atoms with Crippen LogP contribution in [0, 0.1) is 0 Å². The van der Waals surface area contributed by atoms with Crippen LogP contribution in [0.2, 0.25) is 5.02 Å². The number of amides is 1. The zero-order valence-electron chi connectivity index (χ0n) is 10.9. The van der Waals surface area contributed by atoms with Gasteiger partial charge in [-0.15, -0.1) is 11.3 Å². The van der Waals surface area contributed by atoms with E-state index >= 15 is 0 Å². The van der Waals surface area contributed by atoms with Gasteiger partial charge < -0.3 is 16.2 Å². The van der Waals surface area contributed by atoms with E-state index in [9.17, 15) is 9.59 Å². The second-order valence-corrected chi connectivity index (χ2v) is 5.79. The molecule has 0 saturated heterocycles. The lowest BCUT2D eigenvalue weighted by Gasteiger charge is -2.16. The number of hydrogen-bond acceptors (Lipinski definition) is 4. The monoisotopic (exact) mass is 324 g/mol. The highest BCUT2D eigenvalue weighted by atomic mass is 35.5. The third kappa shape index (κ3) is 3.96. The molecule has 2 aromatic rings. The van der Waals surface area contributed by atoms with E-state index in [4.69, 9.17) is 22.4 Å². The van der Waals surface area contributed by atoms with Crippen molar-refractivity contribution in [2.45, 2.75) is 12.5 Å². The molecule has 2 rings (SSSR count). The summed E-state index contributed by atoms with van der Waals surface area (Å²) in [5.74, 6) is -1.42. The zero-order chi connectivity index (χ0) is 15.4. The Morgan fingerprint density at radius 1 is 1.38 bits per heavy atom. The van der Waals surface area contributed by atoms with Crippen molar-refractivity contribution in [1.82, 2.24) is 5.32 Å². The summed E-state index contributed by atoms with van der Waals surface area (Å²) in [5, 5.41) is 13.9. The SMILES string of the molecule is Nc1cc(Cl)ccc1C(=O)NC(CC(=O)O)c1cccs1. The number of carboxylic acids is 1. The summed E-state index contributed by atoms with van der Waals surface area (Å²) in [6, 6.07) is 7.55. The summed E-state index contributed by atoms with van der Waals surface area (Å²) >= 11 is 7.18. The minimum atomic E-state index is -0.988. The number of carboxylic acid groups (broad SMARTS) is 1. The van der Waals surface area contributed by atoms with Gasteiger partial charge in [0, 0.05) is 15.6 Å². The molecule has 0 saturated carbocycles. The molecule has 5 nitrogen and oxygen atoms in total. The van der Waals surface area contributed by atoms with E-state index in [0.29, 0.717) is 5.02 Å². The molecule has 4 N–H and O–H groups in total. The number of carbonyl (C=O) groups excluding carboxylic acids is 1. The van der Waals surface area contributed by atoms with Crippen LogP contribution in [0.5, 0.6) is 0 Å². The first-order valence-corrected chi connectivity index (χ1v) is 7.34. The highest BCUT2D eigenvalue weighted by Gasteiger charge is 2.20. The van der Waals surface area contributed by atoms with Gasteiger partial charge in [0.1, 0.15) is 0 Å². The molecule has 1 aromatic carbocycles. The van der Waals surface area contributed by atoms with Crippen molar-refractivity contribution in [2.75, 3.05) is 5.73 Å². The number of halogens is 1. The second-order valence-electron chi connectivity index (χ2n) is 4.37. The Morgan fingerprint density at radius 3 is 2.71 bits per heavy atom. The molecule has 0 bridgehead atoms. The topological polar surface area (TPSA) is 92.4 Å². The van der Waals surface area contributed by atoms with E-state index in [2.05, 4.69) is 5.32 Å². The molecule has 21 heavy (non-hydrogen) atoms. The van der Waals surface area contributed by atoms with Crippen molar-refractivity contribution in [2.24, 2.45) is 0 Å². The first-order valence-electron chi connectivity index (χ1n) is 6.08. The maximum absolute atomic E-state index is 12.2. The van der Waals surface area contributed by atoms with Gasteiger partial charge >= 0.3 is 5.97 Å². The van der Waals surface area contributed by atoms with Crippen LogP contribution in [0.3, 0.4) is 0 Å². The van der Waals surface area contributed by atoms with E-state index in [1.165, 1.54) is 23.5 Å². The fourth-order valence-electron chi connectivity index (χ4n) is 1.86. The second kappa shape index (κ2) is 6.60. The Balaban J connectivity index is 2.20. The zero-order valence-corrected chi connectivity index (χ0v) is 12.4. The van der Waals surface area contributed by atoms with Gasteiger partial charge in [-0.1, -0.05) is 17.7 Å². The number of carbonyl (C=O) groups is 2. The Labute approximate surface area is 130 Å². The lowest BCUT2D eigenvalue weighted by atomic mass is 10.1. The predicted octanol–water partition coefficient (Wildman–Crippen LogP) is 2.93. The summed E-state index contributed by atoms with van der Waals surface area (Å²) in [4.78, 5) is 24.0. The number of nitrogen functional groups attached to an aromatic ring is 1. The molecule has 0 aliphatic rings. The number of nitrogens with one attached hydrogen (secondary N) is 1. The summed E-state index contributed by atoms with van der Waals surface area (Å²) in [6.45, 7) is 0. The fraction of sp³-hybridized carbons (Fsp3) is 0.143. The predicted molar refractivity (Wildman–Crippen MR) is 82.6 cm³/mol. The minimum Gasteiger partial charge on any atom is -0.481 e. The number of rotatable bonds is 5. The molecule has 0 aliphatic heterocycles. The highest BCUT2D eigenvalue weighted by Crippen LogP contribution is 2.24. The molecule has 1 aromatic heterocycles. The van der Waals surface area contributed by atoms with Crippen LogP contribution in [0.1, 0.15) is 27.7 Å². The summed E-state index contributed by atoms with van der Waals surface area (Å²) in [5.41, 5.74) is 6.28. The van der Waals surface area contributed by atoms with Crippen LogP contribution < -0.4 is 11.1 Å². The van der Waals surface area contributed by atoms with Gasteiger partial charge in [-0.25, -0.2) is 0 Å². The van der Waals surface area contributed by atoms with Crippen LogP contribution in [-0.4, -0.2) is 17.0 Å². The molecule has 0 fully saturated rings. The summed E-state index contributed by atoms with van der Waals surface area (Å²) < 4.78 is 0. The Morgan fingerprint density at radius 2 is 2.14 bits per heavy atom. The lowest BCUT2D eigenvalue weighted by Crippen LogP contribution is -2.30. The molecule has 0 spiro atoms. The number of anilines is 1. The summed E-state index contributed by atoms with van der Waals surface area (Å²) in [6.07, 6.45) is -0.195. The van der Waals surface area contributed by atoms with E-state index in [1.54, 1.807) is 18.2 Å². The van der Waals surface area contributed by atoms with Crippen molar-refractivity contribution in [3.63, 3.8) is 0 Å². The van der Waals surface area contributed by atoms with Crippen molar-refractivity contribution < 1.29 is 14.7 Å². The van der Waals surface area contributed by atoms with Gasteiger partial charge in [0.15, 0.2) is 0 Å². The van der Waals surface area contributed by atoms with Crippen LogP contribution in [0.4, 0.5) is 5.69 Å². The molecule has 1 amide bonds. The number of hydrogen-bond donors (Lipinski definition) is 3. The largest absolute Gasteiger partial charge is 0.481 e. The fourth-order valence-corrected chi connectivity index (χ4v) is 2.82. The number of aliphatic carboxylic acids is 1. The standard InChI is InChI=1S/C14H13ClN2O3S/c15-8-3-4-9(10(16)6-8)14(20)17-11(7-13(18)19)12-2-1-5-21-12/h1-6,11H,7,16H2,(H,17,20)(H,18,19). The smallest absolute Gasteiger partial charge is 0.305 e. The molecular formula is C14H13ClN2O3S. The Bertz CT molecular complexity index is 658. The van der Waals surface area contributed by atoms with Gasteiger partial charge in [0.25, 0.3) is 5.91 Å². The molecule has 1 unspecified atom stereocenters. The molecule has 1 atom stereocenters. The van der Waals surface area contributed by atoms with E-state index in [1.807, 2.05) is 5.38 Å². The van der Waals surface area contributed by atoms with Gasteiger partial charge in [0.2, 0.25) is 0 Å². The first-order chi connectivity index (χ1) is 9.97. The normalized spacial score (nSPS) is 11.9. The quantitative estimate of drug-likeness (QED) is 0.737. The van der Waals surface area contributed by atoms with Crippen LogP contribution in [-0.2, 0) is 4.79 Å². The van der Waals surface area contributed by atoms with Gasteiger partial charge in [-0.3, -0.25) is 9.59 Å². The average Bonchev–Trinajstić information content (AvgIpc) is 2.90. The van der Waals surface area contributed by atoms with E-state index in [0.717, 1.165) is 4.88 Å². The lowest BCUT2D eigenvalue weighted by molar-refractivity contribution is -0.137. The number of nitrogens with two attached hydrogens (primary N) is 1.